The molecule has 1 saturated heterocycles. The number of hydrogen-bond acceptors (Lipinski definition) is 2. The first-order valence-electron chi connectivity index (χ1n) is 4.59. The zero-order chi connectivity index (χ0) is 7.73. The van der Waals surface area contributed by atoms with Crippen LogP contribution < -0.4 is 0 Å². The second-order valence-electron chi connectivity index (χ2n) is 4.01. The summed E-state index contributed by atoms with van der Waals surface area (Å²) in [4.78, 5) is 0. The largest absolute Gasteiger partial charge is 0.387 e. The van der Waals surface area contributed by atoms with Crippen molar-refractivity contribution in [1.29, 1.82) is 0 Å². The molecule has 2 rings (SSSR count). The molecule has 0 radical (unpaired) electrons. The third kappa shape index (κ3) is 1.94. The molecule has 0 amide bonds. The first kappa shape index (κ1) is 7.56. The highest BCUT2D eigenvalue weighted by Gasteiger charge is 2.34. The topological polar surface area (TPSA) is 29.5 Å². The van der Waals surface area contributed by atoms with Crippen molar-refractivity contribution >= 4 is 0 Å². The third-order valence-corrected chi connectivity index (χ3v) is 2.80. The second-order valence-corrected chi connectivity index (χ2v) is 4.01. The van der Waals surface area contributed by atoms with Crippen LogP contribution in [0.5, 0.6) is 0 Å². The van der Waals surface area contributed by atoms with Crippen molar-refractivity contribution in [2.75, 3.05) is 13.2 Å². The van der Waals surface area contributed by atoms with E-state index in [1.54, 1.807) is 0 Å². The quantitative estimate of drug-likeness (QED) is 0.668. The van der Waals surface area contributed by atoms with Crippen LogP contribution in [0.2, 0.25) is 0 Å². The van der Waals surface area contributed by atoms with Crippen LogP contribution in [-0.4, -0.2) is 23.9 Å². The summed E-state index contributed by atoms with van der Waals surface area (Å²) < 4.78 is 5.16. The zero-order valence-corrected chi connectivity index (χ0v) is 6.88. The van der Waals surface area contributed by atoms with E-state index in [1.165, 1.54) is 19.3 Å². The highest BCUT2D eigenvalue weighted by molar-refractivity contribution is 4.85. The molecule has 1 saturated carbocycles. The molecule has 0 bridgehead atoms. The summed E-state index contributed by atoms with van der Waals surface area (Å²) in [7, 11) is 0. The highest BCUT2D eigenvalue weighted by atomic mass is 16.5. The van der Waals surface area contributed by atoms with Crippen LogP contribution in [0.15, 0.2) is 0 Å². The van der Waals surface area contributed by atoms with E-state index in [0.717, 1.165) is 25.4 Å². The lowest BCUT2D eigenvalue weighted by Crippen LogP contribution is -2.28. The minimum Gasteiger partial charge on any atom is -0.387 e. The zero-order valence-electron chi connectivity index (χ0n) is 6.88. The van der Waals surface area contributed by atoms with Crippen molar-refractivity contribution in [1.82, 2.24) is 0 Å². The van der Waals surface area contributed by atoms with Gasteiger partial charge in [0, 0.05) is 13.0 Å². The summed E-state index contributed by atoms with van der Waals surface area (Å²) in [6, 6.07) is 0. The van der Waals surface area contributed by atoms with Gasteiger partial charge in [-0.25, -0.2) is 0 Å². The molecule has 1 N–H and O–H groups in total. The summed E-state index contributed by atoms with van der Waals surface area (Å²) in [5.74, 6) is 0.930. The number of rotatable bonds is 3. The van der Waals surface area contributed by atoms with E-state index >= 15 is 0 Å². The molecule has 1 heterocycles. The first-order chi connectivity index (χ1) is 5.29. The van der Waals surface area contributed by atoms with Crippen LogP contribution in [0.3, 0.4) is 0 Å². The molecule has 11 heavy (non-hydrogen) atoms. The third-order valence-electron chi connectivity index (χ3n) is 2.80. The van der Waals surface area contributed by atoms with E-state index in [0.29, 0.717) is 6.61 Å². The van der Waals surface area contributed by atoms with Crippen molar-refractivity contribution < 1.29 is 9.84 Å². The molecule has 2 aliphatic rings. The fourth-order valence-electron chi connectivity index (χ4n) is 1.67. The van der Waals surface area contributed by atoms with Crippen molar-refractivity contribution in [2.24, 2.45) is 5.92 Å². The predicted octanol–water partition coefficient (Wildman–Crippen LogP) is 1.33. The molecule has 0 aromatic rings. The monoisotopic (exact) mass is 156 g/mol. The van der Waals surface area contributed by atoms with Crippen molar-refractivity contribution in [3.05, 3.63) is 0 Å². The van der Waals surface area contributed by atoms with Crippen LogP contribution in [0.1, 0.15) is 32.1 Å². The molecular formula is C9H16O2. The predicted molar refractivity (Wildman–Crippen MR) is 42.3 cm³/mol. The molecule has 0 aromatic heterocycles. The SMILES string of the molecule is OC1(CCC2CC2)CCOC1. The molecule has 2 nitrogen and oxygen atoms in total. The van der Waals surface area contributed by atoms with Gasteiger partial charge in [-0.1, -0.05) is 12.8 Å². The maximum atomic E-state index is 9.84. The summed E-state index contributed by atoms with van der Waals surface area (Å²) in [5.41, 5.74) is -0.456. The van der Waals surface area contributed by atoms with Gasteiger partial charge >= 0.3 is 0 Å². The van der Waals surface area contributed by atoms with Gasteiger partial charge < -0.3 is 9.84 Å². The molecule has 0 spiro atoms. The highest BCUT2D eigenvalue weighted by Crippen LogP contribution is 2.36. The molecule has 1 atom stereocenters. The van der Waals surface area contributed by atoms with E-state index in [9.17, 15) is 5.11 Å². The lowest BCUT2D eigenvalue weighted by molar-refractivity contribution is 0.0164. The molecule has 64 valence electrons. The molecule has 1 aliphatic heterocycles. The Morgan fingerprint density at radius 1 is 1.45 bits per heavy atom. The Hall–Kier alpha value is -0.0800. The van der Waals surface area contributed by atoms with Gasteiger partial charge in [-0.2, -0.15) is 0 Å². The average molecular weight is 156 g/mol. The van der Waals surface area contributed by atoms with E-state index < -0.39 is 5.60 Å². The van der Waals surface area contributed by atoms with Crippen molar-refractivity contribution in [3.8, 4) is 0 Å². The molecule has 0 aromatic carbocycles. The van der Waals surface area contributed by atoms with Crippen LogP contribution in [0, 0.1) is 5.92 Å². The van der Waals surface area contributed by atoms with E-state index in [-0.39, 0.29) is 0 Å². The van der Waals surface area contributed by atoms with Gasteiger partial charge in [-0.15, -0.1) is 0 Å². The number of hydrogen-bond donors (Lipinski definition) is 1. The standard InChI is InChI=1S/C9H16O2/c10-9(5-6-11-7-9)4-3-8-1-2-8/h8,10H,1-7H2. The molecule has 1 aliphatic carbocycles. The van der Waals surface area contributed by atoms with Crippen molar-refractivity contribution in [3.63, 3.8) is 0 Å². The van der Waals surface area contributed by atoms with E-state index in [2.05, 4.69) is 0 Å². The summed E-state index contributed by atoms with van der Waals surface area (Å²) in [6.07, 6.45) is 5.78. The lowest BCUT2D eigenvalue weighted by atomic mass is 9.96. The van der Waals surface area contributed by atoms with Crippen LogP contribution in [0.25, 0.3) is 0 Å². The molecule has 2 fully saturated rings. The van der Waals surface area contributed by atoms with Gasteiger partial charge in [-0.3, -0.25) is 0 Å². The Balaban J connectivity index is 1.73. The van der Waals surface area contributed by atoms with Crippen LogP contribution >= 0.6 is 0 Å². The molecular weight excluding hydrogens is 140 g/mol. The van der Waals surface area contributed by atoms with E-state index in [1.807, 2.05) is 0 Å². The van der Waals surface area contributed by atoms with Crippen LogP contribution in [0.4, 0.5) is 0 Å². The Labute approximate surface area is 67.6 Å². The minimum absolute atomic E-state index is 0.456. The van der Waals surface area contributed by atoms with Gasteiger partial charge in [-0.05, 0) is 18.8 Å². The van der Waals surface area contributed by atoms with Crippen LogP contribution in [-0.2, 0) is 4.74 Å². The van der Waals surface area contributed by atoms with Gasteiger partial charge in [0.2, 0.25) is 0 Å². The van der Waals surface area contributed by atoms with Gasteiger partial charge in [0.15, 0.2) is 0 Å². The number of aliphatic hydroxyl groups is 1. The van der Waals surface area contributed by atoms with Gasteiger partial charge in [0.05, 0.1) is 12.2 Å². The average Bonchev–Trinajstić information content (AvgIpc) is 2.73. The lowest BCUT2D eigenvalue weighted by Gasteiger charge is -2.19. The fourth-order valence-corrected chi connectivity index (χ4v) is 1.67. The maximum Gasteiger partial charge on any atom is 0.0902 e. The fraction of sp³-hybridized carbons (Fsp3) is 1.00. The smallest absolute Gasteiger partial charge is 0.0902 e. The van der Waals surface area contributed by atoms with Crippen molar-refractivity contribution in [2.45, 2.75) is 37.7 Å². The normalized spacial score (nSPS) is 37.9. The molecule has 1 unspecified atom stereocenters. The summed E-state index contributed by atoms with van der Waals surface area (Å²) in [6.45, 7) is 1.32. The van der Waals surface area contributed by atoms with Gasteiger partial charge in [0.1, 0.15) is 0 Å². The Morgan fingerprint density at radius 2 is 2.27 bits per heavy atom. The second kappa shape index (κ2) is 2.76. The Morgan fingerprint density at radius 3 is 2.82 bits per heavy atom. The first-order valence-corrected chi connectivity index (χ1v) is 4.59. The maximum absolute atomic E-state index is 9.84. The van der Waals surface area contributed by atoms with E-state index in [4.69, 9.17) is 4.74 Å². The Kier molecular flexibility index (Phi) is 1.90. The Bertz CT molecular complexity index is 134. The summed E-state index contributed by atoms with van der Waals surface area (Å²) in [5, 5.41) is 9.84. The van der Waals surface area contributed by atoms with Gasteiger partial charge in [0.25, 0.3) is 0 Å². The minimum atomic E-state index is -0.456. The number of ether oxygens (including phenoxy) is 1. The molecule has 2 heteroatoms. The summed E-state index contributed by atoms with van der Waals surface area (Å²) >= 11 is 0.